The third kappa shape index (κ3) is 4.56. The average molecular weight is 335 g/mol. The van der Waals surface area contributed by atoms with E-state index < -0.39 is 0 Å². The highest BCUT2D eigenvalue weighted by Gasteiger charge is 2.10. The van der Waals surface area contributed by atoms with Gasteiger partial charge in [-0.2, -0.15) is 0 Å². The van der Waals surface area contributed by atoms with Crippen LogP contribution in [-0.4, -0.2) is 29.0 Å². The van der Waals surface area contributed by atoms with Crippen molar-refractivity contribution in [3.8, 4) is 5.75 Å². The first-order chi connectivity index (χ1) is 11.0. The summed E-state index contributed by atoms with van der Waals surface area (Å²) in [6.07, 6.45) is 3.83. The molecule has 2 aromatic rings. The number of nitrogens with one attached hydrogen (secondary N) is 2. The lowest BCUT2D eigenvalue weighted by Gasteiger charge is -2.11. The van der Waals surface area contributed by atoms with Gasteiger partial charge in [0.25, 0.3) is 5.91 Å². The summed E-state index contributed by atoms with van der Waals surface area (Å²) in [7, 11) is 1.56. The second-order valence-electron chi connectivity index (χ2n) is 5.05. The topological polar surface area (TPSA) is 76.1 Å². The third-order valence-corrected chi connectivity index (χ3v) is 3.61. The number of hydrogen-bond donors (Lipinski definition) is 2. The van der Waals surface area contributed by atoms with Crippen LogP contribution in [0.2, 0.25) is 5.02 Å². The van der Waals surface area contributed by atoms with E-state index in [1.165, 1.54) is 12.4 Å². The third-order valence-electron chi connectivity index (χ3n) is 3.31. The fourth-order valence-electron chi connectivity index (χ4n) is 1.79. The van der Waals surface area contributed by atoms with E-state index in [0.29, 0.717) is 22.3 Å². The van der Waals surface area contributed by atoms with Crippen LogP contribution in [0, 0.1) is 0 Å². The maximum atomic E-state index is 12.0. The first-order valence-corrected chi connectivity index (χ1v) is 7.64. The predicted octanol–water partition coefficient (Wildman–Crippen LogP) is 3.41. The minimum atomic E-state index is -0.182. The number of hydrogen-bond acceptors (Lipinski definition) is 5. The van der Waals surface area contributed by atoms with Gasteiger partial charge in [-0.1, -0.05) is 18.5 Å². The summed E-state index contributed by atoms with van der Waals surface area (Å²) in [5, 5.41) is 6.37. The molecule has 2 rings (SSSR count). The minimum absolute atomic E-state index is 0.113. The number of benzene rings is 1. The van der Waals surface area contributed by atoms with Gasteiger partial charge in [-0.15, -0.1) is 0 Å². The summed E-state index contributed by atoms with van der Waals surface area (Å²) in [5.74, 6) is 0.792. The summed E-state index contributed by atoms with van der Waals surface area (Å²) < 4.78 is 5.10. The molecule has 1 amide bonds. The van der Waals surface area contributed by atoms with E-state index in [1.54, 1.807) is 25.3 Å². The summed E-state index contributed by atoms with van der Waals surface area (Å²) in [6, 6.07) is 5.38. The highest BCUT2D eigenvalue weighted by Crippen LogP contribution is 2.28. The molecule has 0 spiro atoms. The molecule has 0 saturated heterocycles. The number of anilines is 2. The summed E-state index contributed by atoms with van der Waals surface area (Å²) >= 11 is 6.07. The number of carbonyl (C=O) groups is 1. The largest absolute Gasteiger partial charge is 0.495 e. The quantitative estimate of drug-likeness (QED) is 0.846. The zero-order valence-electron chi connectivity index (χ0n) is 13.3. The maximum Gasteiger partial charge on any atom is 0.254 e. The van der Waals surface area contributed by atoms with Crippen LogP contribution < -0.4 is 15.4 Å². The van der Waals surface area contributed by atoms with Gasteiger partial charge in [0, 0.05) is 24.1 Å². The standard InChI is InChI=1S/C16H19ClN4O2/c1-4-10(2)20-15(22)11-8-18-16(19-9-11)21-12-5-6-14(23-3)13(17)7-12/h5-10H,4H2,1-3H3,(H,20,22)(H,18,19,21). The molecule has 7 heteroatoms. The Labute approximate surface area is 140 Å². The minimum Gasteiger partial charge on any atom is -0.495 e. The number of nitrogens with zero attached hydrogens (tertiary/aromatic N) is 2. The fraction of sp³-hybridized carbons (Fsp3) is 0.312. The molecule has 0 aliphatic heterocycles. The average Bonchev–Trinajstić information content (AvgIpc) is 2.55. The lowest BCUT2D eigenvalue weighted by molar-refractivity contribution is 0.0938. The summed E-state index contributed by atoms with van der Waals surface area (Å²) in [6.45, 7) is 3.95. The monoisotopic (exact) mass is 334 g/mol. The lowest BCUT2D eigenvalue weighted by atomic mass is 10.2. The van der Waals surface area contributed by atoms with Crippen molar-refractivity contribution in [3.63, 3.8) is 0 Å². The van der Waals surface area contributed by atoms with Gasteiger partial charge >= 0.3 is 0 Å². The molecule has 0 bridgehead atoms. The van der Waals surface area contributed by atoms with Crippen molar-refractivity contribution in [1.82, 2.24) is 15.3 Å². The normalized spacial score (nSPS) is 11.7. The Bertz CT molecular complexity index is 676. The van der Waals surface area contributed by atoms with Crippen LogP contribution >= 0.6 is 11.6 Å². The molecule has 1 unspecified atom stereocenters. The second kappa shape index (κ2) is 7.78. The van der Waals surface area contributed by atoms with Crippen molar-refractivity contribution >= 4 is 29.1 Å². The molecule has 23 heavy (non-hydrogen) atoms. The molecular formula is C16H19ClN4O2. The molecule has 2 N–H and O–H groups in total. The Morgan fingerprint density at radius 2 is 2.04 bits per heavy atom. The first kappa shape index (κ1) is 17.0. The Hall–Kier alpha value is -2.34. The molecule has 1 aromatic carbocycles. The number of methoxy groups -OCH3 is 1. The highest BCUT2D eigenvalue weighted by molar-refractivity contribution is 6.32. The predicted molar refractivity (Wildman–Crippen MR) is 90.5 cm³/mol. The molecular weight excluding hydrogens is 316 g/mol. The molecule has 0 aliphatic carbocycles. The van der Waals surface area contributed by atoms with E-state index in [0.717, 1.165) is 12.1 Å². The zero-order chi connectivity index (χ0) is 16.8. The van der Waals surface area contributed by atoms with Crippen LogP contribution in [0.3, 0.4) is 0 Å². The molecule has 1 aromatic heterocycles. The van der Waals surface area contributed by atoms with E-state index >= 15 is 0 Å². The summed E-state index contributed by atoms with van der Waals surface area (Å²) in [4.78, 5) is 20.2. The van der Waals surface area contributed by atoms with E-state index in [2.05, 4.69) is 20.6 Å². The van der Waals surface area contributed by atoms with Crippen molar-refractivity contribution in [2.75, 3.05) is 12.4 Å². The molecule has 0 saturated carbocycles. The zero-order valence-corrected chi connectivity index (χ0v) is 14.0. The van der Waals surface area contributed by atoms with Crippen LogP contribution in [0.5, 0.6) is 5.75 Å². The van der Waals surface area contributed by atoms with Gasteiger partial charge in [-0.25, -0.2) is 9.97 Å². The molecule has 6 nitrogen and oxygen atoms in total. The molecule has 1 heterocycles. The van der Waals surface area contributed by atoms with Gasteiger partial charge in [-0.3, -0.25) is 4.79 Å². The van der Waals surface area contributed by atoms with Gasteiger partial charge in [0.2, 0.25) is 5.95 Å². The van der Waals surface area contributed by atoms with Gasteiger partial charge in [-0.05, 0) is 31.5 Å². The molecule has 0 fully saturated rings. The van der Waals surface area contributed by atoms with Crippen molar-refractivity contribution < 1.29 is 9.53 Å². The molecule has 1 atom stereocenters. The second-order valence-corrected chi connectivity index (χ2v) is 5.46. The van der Waals surface area contributed by atoms with Gasteiger partial charge in [0.05, 0.1) is 17.7 Å². The Balaban J connectivity index is 2.05. The lowest BCUT2D eigenvalue weighted by Crippen LogP contribution is -2.32. The van der Waals surface area contributed by atoms with Crippen LogP contribution in [0.1, 0.15) is 30.6 Å². The van der Waals surface area contributed by atoms with Gasteiger partial charge in [0.15, 0.2) is 0 Å². The smallest absolute Gasteiger partial charge is 0.254 e. The number of rotatable bonds is 6. The Morgan fingerprint density at radius 3 is 2.61 bits per heavy atom. The first-order valence-electron chi connectivity index (χ1n) is 7.27. The number of amides is 1. The van der Waals surface area contributed by atoms with Crippen LogP contribution in [-0.2, 0) is 0 Å². The number of aromatic nitrogens is 2. The van der Waals surface area contributed by atoms with Crippen LogP contribution in [0.25, 0.3) is 0 Å². The van der Waals surface area contributed by atoms with Gasteiger partial charge < -0.3 is 15.4 Å². The van der Waals surface area contributed by atoms with Crippen LogP contribution in [0.4, 0.5) is 11.6 Å². The molecule has 0 aliphatic rings. The Morgan fingerprint density at radius 1 is 1.35 bits per heavy atom. The van der Waals surface area contributed by atoms with Crippen molar-refractivity contribution in [2.24, 2.45) is 0 Å². The summed E-state index contributed by atoms with van der Waals surface area (Å²) in [5.41, 5.74) is 1.15. The van der Waals surface area contributed by atoms with E-state index in [-0.39, 0.29) is 11.9 Å². The van der Waals surface area contributed by atoms with Crippen LogP contribution in [0.15, 0.2) is 30.6 Å². The molecule has 122 valence electrons. The number of ether oxygens (including phenoxy) is 1. The SMILES string of the molecule is CCC(C)NC(=O)c1cnc(Nc2ccc(OC)c(Cl)c2)nc1. The van der Waals surface area contributed by atoms with Crippen molar-refractivity contribution in [1.29, 1.82) is 0 Å². The number of carbonyl (C=O) groups excluding carboxylic acids is 1. The highest BCUT2D eigenvalue weighted by atomic mass is 35.5. The van der Waals surface area contributed by atoms with Crippen molar-refractivity contribution in [3.05, 3.63) is 41.2 Å². The van der Waals surface area contributed by atoms with Crippen molar-refractivity contribution in [2.45, 2.75) is 26.3 Å². The fourth-order valence-corrected chi connectivity index (χ4v) is 2.05. The maximum absolute atomic E-state index is 12.0. The van der Waals surface area contributed by atoms with E-state index in [9.17, 15) is 4.79 Å². The molecule has 0 radical (unpaired) electrons. The number of halogens is 1. The van der Waals surface area contributed by atoms with E-state index in [1.807, 2.05) is 13.8 Å². The van der Waals surface area contributed by atoms with Gasteiger partial charge in [0.1, 0.15) is 5.75 Å². The van der Waals surface area contributed by atoms with E-state index in [4.69, 9.17) is 16.3 Å². The Kier molecular flexibility index (Phi) is 5.76.